The number of primary amides is 2. The number of nitrogens with zero attached hydrogens (tertiary/aromatic N) is 2. The van der Waals surface area contributed by atoms with Gasteiger partial charge in [0, 0.05) is 37.4 Å². The lowest BCUT2D eigenvalue weighted by molar-refractivity contribution is -0.119. The summed E-state index contributed by atoms with van der Waals surface area (Å²) in [5, 5.41) is 0. The van der Waals surface area contributed by atoms with Crippen LogP contribution in [-0.4, -0.2) is 49.4 Å². The van der Waals surface area contributed by atoms with E-state index in [4.69, 9.17) is 11.5 Å². The third kappa shape index (κ3) is 3.45. The van der Waals surface area contributed by atoms with Gasteiger partial charge in [0.1, 0.15) is 0 Å². The maximum Gasteiger partial charge on any atom is 0.248 e. The van der Waals surface area contributed by atoms with Crippen LogP contribution >= 0.6 is 0 Å². The largest absolute Gasteiger partial charge is 0.369 e. The SMILES string of the molecule is NC(=O)CN1CCN(c2ccc(C(N)=O)cc2)CC1. The molecule has 0 aromatic heterocycles. The molecule has 1 aliphatic heterocycles. The van der Waals surface area contributed by atoms with Crippen molar-refractivity contribution in [2.24, 2.45) is 11.5 Å². The summed E-state index contributed by atoms with van der Waals surface area (Å²) in [5.74, 6) is -0.711. The molecule has 1 aromatic rings. The molecule has 102 valence electrons. The first-order valence-corrected chi connectivity index (χ1v) is 6.22. The molecule has 6 nitrogen and oxygen atoms in total. The van der Waals surface area contributed by atoms with E-state index in [0.717, 1.165) is 31.9 Å². The third-order valence-corrected chi connectivity index (χ3v) is 3.27. The van der Waals surface area contributed by atoms with E-state index >= 15 is 0 Å². The van der Waals surface area contributed by atoms with Crippen LogP contribution in [0, 0.1) is 0 Å². The minimum Gasteiger partial charge on any atom is -0.369 e. The van der Waals surface area contributed by atoms with Crippen LogP contribution in [0.2, 0.25) is 0 Å². The van der Waals surface area contributed by atoms with Crippen LogP contribution in [0.15, 0.2) is 24.3 Å². The Morgan fingerprint density at radius 1 is 1.00 bits per heavy atom. The predicted molar refractivity (Wildman–Crippen MR) is 72.8 cm³/mol. The first-order chi connectivity index (χ1) is 9.06. The zero-order valence-corrected chi connectivity index (χ0v) is 10.7. The fraction of sp³-hybridized carbons (Fsp3) is 0.385. The van der Waals surface area contributed by atoms with Crippen molar-refractivity contribution in [1.82, 2.24) is 4.90 Å². The zero-order chi connectivity index (χ0) is 13.8. The number of hydrogen-bond acceptors (Lipinski definition) is 4. The molecule has 1 fully saturated rings. The van der Waals surface area contributed by atoms with E-state index in [2.05, 4.69) is 4.90 Å². The average Bonchev–Trinajstić information content (AvgIpc) is 2.39. The van der Waals surface area contributed by atoms with Crippen LogP contribution in [0.25, 0.3) is 0 Å². The van der Waals surface area contributed by atoms with Crippen molar-refractivity contribution >= 4 is 17.5 Å². The Labute approximate surface area is 112 Å². The Bertz CT molecular complexity index is 464. The van der Waals surface area contributed by atoms with Crippen LogP contribution in [0.3, 0.4) is 0 Å². The van der Waals surface area contributed by atoms with Crippen molar-refractivity contribution in [1.29, 1.82) is 0 Å². The highest BCUT2D eigenvalue weighted by atomic mass is 16.1. The summed E-state index contributed by atoms with van der Waals surface area (Å²) >= 11 is 0. The summed E-state index contributed by atoms with van der Waals surface area (Å²) in [7, 11) is 0. The van der Waals surface area contributed by atoms with Gasteiger partial charge in [0.05, 0.1) is 6.54 Å². The Hall–Kier alpha value is -2.08. The van der Waals surface area contributed by atoms with Gasteiger partial charge in [-0.15, -0.1) is 0 Å². The molecule has 6 heteroatoms. The smallest absolute Gasteiger partial charge is 0.248 e. The molecule has 2 amide bonds. The van der Waals surface area contributed by atoms with Gasteiger partial charge in [-0.3, -0.25) is 14.5 Å². The van der Waals surface area contributed by atoms with Crippen LogP contribution in [-0.2, 0) is 4.79 Å². The van der Waals surface area contributed by atoms with Crippen molar-refractivity contribution in [3.63, 3.8) is 0 Å². The minimum absolute atomic E-state index is 0.292. The summed E-state index contributed by atoms with van der Waals surface area (Å²) in [4.78, 5) is 26.1. The molecule has 0 aliphatic carbocycles. The van der Waals surface area contributed by atoms with Gasteiger partial charge in [-0.2, -0.15) is 0 Å². The minimum atomic E-state index is -0.419. The normalized spacial score (nSPS) is 16.3. The number of nitrogens with two attached hydrogens (primary N) is 2. The van der Waals surface area contributed by atoms with Gasteiger partial charge in [0.25, 0.3) is 0 Å². The molecule has 0 unspecified atom stereocenters. The van der Waals surface area contributed by atoms with Crippen LogP contribution in [0.1, 0.15) is 10.4 Å². The Morgan fingerprint density at radius 3 is 2.05 bits per heavy atom. The van der Waals surface area contributed by atoms with Gasteiger partial charge < -0.3 is 16.4 Å². The van der Waals surface area contributed by atoms with Crippen molar-refractivity contribution < 1.29 is 9.59 Å². The highest BCUT2D eigenvalue weighted by Gasteiger charge is 2.18. The molecule has 0 bridgehead atoms. The summed E-state index contributed by atoms with van der Waals surface area (Å²) in [6.07, 6.45) is 0. The predicted octanol–water partition coefficient (Wildman–Crippen LogP) is -0.607. The first kappa shape index (κ1) is 13.4. The van der Waals surface area contributed by atoms with E-state index in [-0.39, 0.29) is 5.91 Å². The molecule has 4 N–H and O–H groups in total. The molecule has 1 saturated heterocycles. The molecule has 0 radical (unpaired) electrons. The van der Waals surface area contributed by atoms with Crippen molar-refractivity contribution in [2.75, 3.05) is 37.6 Å². The fourth-order valence-corrected chi connectivity index (χ4v) is 2.22. The van der Waals surface area contributed by atoms with Crippen molar-refractivity contribution in [3.8, 4) is 0 Å². The third-order valence-electron chi connectivity index (χ3n) is 3.27. The number of carbonyl (C=O) groups excluding carboxylic acids is 2. The lowest BCUT2D eigenvalue weighted by Gasteiger charge is -2.35. The molecule has 19 heavy (non-hydrogen) atoms. The Kier molecular flexibility index (Phi) is 4.01. The van der Waals surface area contributed by atoms with Crippen molar-refractivity contribution in [2.45, 2.75) is 0 Å². The molecule has 2 rings (SSSR count). The highest BCUT2D eigenvalue weighted by molar-refractivity contribution is 5.93. The summed E-state index contributed by atoms with van der Waals surface area (Å²) in [6.45, 7) is 3.60. The van der Waals surface area contributed by atoms with Gasteiger partial charge in [0.15, 0.2) is 0 Å². The Morgan fingerprint density at radius 2 is 1.58 bits per heavy atom. The number of anilines is 1. The highest BCUT2D eigenvalue weighted by Crippen LogP contribution is 2.17. The summed E-state index contributed by atoms with van der Waals surface area (Å²) in [5.41, 5.74) is 11.9. The van der Waals surface area contributed by atoms with Crippen LogP contribution in [0.5, 0.6) is 0 Å². The number of hydrogen-bond donors (Lipinski definition) is 2. The molecular formula is C13H18N4O2. The van der Waals surface area contributed by atoms with E-state index in [1.807, 2.05) is 17.0 Å². The van der Waals surface area contributed by atoms with Gasteiger partial charge >= 0.3 is 0 Å². The van der Waals surface area contributed by atoms with E-state index in [1.54, 1.807) is 12.1 Å². The molecule has 0 atom stereocenters. The van der Waals surface area contributed by atoms with E-state index < -0.39 is 5.91 Å². The molecule has 0 saturated carbocycles. The van der Waals surface area contributed by atoms with Gasteiger partial charge in [-0.05, 0) is 24.3 Å². The summed E-state index contributed by atoms with van der Waals surface area (Å²) in [6, 6.07) is 7.24. The second-order valence-electron chi connectivity index (χ2n) is 4.64. The molecule has 1 aromatic carbocycles. The number of amides is 2. The average molecular weight is 262 g/mol. The standard InChI is InChI=1S/C13H18N4O2/c14-12(18)9-16-5-7-17(8-6-16)11-3-1-10(2-4-11)13(15)19/h1-4H,5-9H2,(H2,14,18)(H2,15,19). The molecule has 1 heterocycles. The quantitative estimate of drug-likeness (QED) is 0.757. The van der Waals surface area contributed by atoms with Gasteiger partial charge in [0.2, 0.25) is 11.8 Å². The monoisotopic (exact) mass is 262 g/mol. The van der Waals surface area contributed by atoms with Gasteiger partial charge in [-0.25, -0.2) is 0 Å². The number of carbonyl (C=O) groups is 2. The number of rotatable bonds is 4. The maximum absolute atomic E-state index is 11.0. The second kappa shape index (κ2) is 5.71. The van der Waals surface area contributed by atoms with Crippen molar-refractivity contribution in [3.05, 3.63) is 29.8 Å². The van der Waals surface area contributed by atoms with E-state index in [9.17, 15) is 9.59 Å². The van der Waals surface area contributed by atoms with Crippen LogP contribution in [0.4, 0.5) is 5.69 Å². The molecular weight excluding hydrogens is 244 g/mol. The van der Waals surface area contributed by atoms with E-state index in [0.29, 0.717) is 12.1 Å². The van der Waals surface area contributed by atoms with Crippen LogP contribution < -0.4 is 16.4 Å². The molecule has 0 spiro atoms. The zero-order valence-electron chi connectivity index (χ0n) is 10.7. The first-order valence-electron chi connectivity index (χ1n) is 6.22. The summed E-state index contributed by atoms with van der Waals surface area (Å²) < 4.78 is 0. The molecule has 1 aliphatic rings. The van der Waals surface area contributed by atoms with E-state index in [1.165, 1.54) is 0 Å². The second-order valence-corrected chi connectivity index (χ2v) is 4.64. The number of benzene rings is 1. The van der Waals surface area contributed by atoms with Gasteiger partial charge in [-0.1, -0.05) is 0 Å². The fourth-order valence-electron chi connectivity index (χ4n) is 2.22. The lowest BCUT2D eigenvalue weighted by atomic mass is 10.1. The maximum atomic E-state index is 11.0. The topological polar surface area (TPSA) is 92.7 Å². The lowest BCUT2D eigenvalue weighted by Crippen LogP contribution is -2.48. The number of piperazine rings is 1. The Balaban J connectivity index is 1.94.